The molecule has 2 aliphatic heterocycles. The van der Waals surface area contributed by atoms with Crippen LogP contribution in [0.2, 0.25) is 0 Å². The van der Waals surface area contributed by atoms with Crippen molar-refractivity contribution in [1.29, 1.82) is 0 Å². The third-order valence-corrected chi connectivity index (χ3v) is 3.03. The molecule has 82 valence electrons. The Morgan fingerprint density at radius 2 is 2.27 bits per heavy atom. The van der Waals surface area contributed by atoms with Gasteiger partial charge in [0.2, 0.25) is 0 Å². The lowest BCUT2D eigenvalue weighted by atomic mass is 10.2. The lowest BCUT2D eigenvalue weighted by Crippen LogP contribution is -2.14. The van der Waals surface area contributed by atoms with Crippen molar-refractivity contribution in [3.63, 3.8) is 0 Å². The molecule has 1 N–H and O–H groups in total. The van der Waals surface area contributed by atoms with Gasteiger partial charge in [-0.05, 0) is 32.2 Å². The van der Waals surface area contributed by atoms with Gasteiger partial charge < -0.3 is 14.6 Å². The number of ether oxygens (including phenoxy) is 1. The van der Waals surface area contributed by atoms with Crippen molar-refractivity contribution in [2.75, 3.05) is 13.2 Å². The molecule has 5 heteroatoms. The van der Waals surface area contributed by atoms with Crippen LogP contribution in [0.15, 0.2) is 4.52 Å². The summed E-state index contributed by atoms with van der Waals surface area (Å²) < 4.78 is 10.7. The molecule has 2 fully saturated rings. The minimum Gasteiger partial charge on any atom is -0.368 e. The minimum atomic E-state index is 0.0349. The van der Waals surface area contributed by atoms with E-state index < -0.39 is 0 Å². The van der Waals surface area contributed by atoms with E-state index in [1.807, 2.05) is 0 Å². The molecule has 2 aliphatic rings. The summed E-state index contributed by atoms with van der Waals surface area (Å²) in [4.78, 5) is 4.41. The van der Waals surface area contributed by atoms with Crippen LogP contribution in [0.5, 0.6) is 0 Å². The highest BCUT2D eigenvalue weighted by Crippen LogP contribution is 2.28. The lowest BCUT2D eigenvalue weighted by molar-refractivity contribution is 0.0835. The summed E-state index contributed by atoms with van der Waals surface area (Å²) in [6, 6.07) is 0.281. The predicted molar refractivity (Wildman–Crippen MR) is 52.2 cm³/mol. The summed E-state index contributed by atoms with van der Waals surface area (Å²) in [7, 11) is 0. The molecule has 0 radical (unpaired) electrons. The second kappa shape index (κ2) is 3.90. The third-order valence-electron chi connectivity index (χ3n) is 3.03. The number of hydrogen-bond acceptors (Lipinski definition) is 5. The minimum absolute atomic E-state index is 0.0349. The fourth-order valence-electron chi connectivity index (χ4n) is 2.20. The lowest BCUT2D eigenvalue weighted by Gasteiger charge is -2.03. The summed E-state index contributed by atoms with van der Waals surface area (Å²) in [6.07, 6.45) is 4.41. The van der Waals surface area contributed by atoms with E-state index in [9.17, 15) is 0 Å². The Kier molecular flexibility index (Phi) is 2.42. The first-order valence-corrected chi connectivity index (χ1v) is 5.62. The average Bonchev–Trinajstić information content (AvgIpc) is 3.02. The molecule has 3 heterocycles. The maximum absolute atomic E-state index is 5.50. The van der Waals surface area contributed by atoms with Crippen LogP contribution in [-0.2, 0) is 4.74 Å². The number of nitrogens with one attached hydrogen (secondary N) is 1. The van der Waals surface area contributed by atoms with E-state index in [-0.39, 0.29) is 12.1 Å². The highest BCUT2D eigenvalue weighted by atomic mass is 16.5. The largest absolute Gasteiger partial charge is 0.368 e. The van der Waals surface area contributed by atoms with E-state index in [2.05, 4.69) is 15.5 Å². The summed E-state index contributed by atoms with van der Waals surface area (Å²) in [5.41, 5.74) is 0. The maximum Gasteiger partial charge on any atom is 0.255 e. The van der Waals surface area contributed by atoms with Crippen molar-refractivity contribution in [3.05, 3.63) is 11.7 Å². The standard InChI is InChI=1S/C10H15N3O2/c1-3-7(11-5-1)9-12-10(15-13-9)8-4-2-6-14-8/h7-8,11H,1-6H2. The number of nitrogens with zero attached hydrogens (tertiary/aromatic N) is 2. The van der Waals surface area contributed by atoms with Crippen LogP contribution in [0, 0.1) is 0 Å². The Hall–Kier alpha value is -0.940. The van der Waals surface area contributed by atoms with Gasteiger partial charge >= 0.3 is 0 Å². The fourth-order valence-corrected chi connectivity index (χ4v) is 2.20. The average molecular weight is 209 g/mol. The Bertz CT molecular complexity index is 297. The van der Waals surface area contributed by atoms with Crippen molar-refractivity contribution < 1.29 is 9.26 Å². The smallest absolute Gasteiger partial charge is 0.255 e. The first kappa shape index (κ1) is 9.30. The van der Waals surface area contributed by atoms with Gasteiger partial charge in [-0.15, -0.1) is 0 Å². The zero-order valence-corrected chi connectivity index (χ0v) is 8.61. The monoisotopic (exact) mass is 209 g/mol. The molecule has 0 saturated carbocycles. The fraction of sp³-hybridized carbons (Fsp3) is 0.800. The SMILES string of the molecule is C1CNC(c2noc(C3CCCO3)n2)C1. The number of rotatable bonds is 2. The van der Waals surface area contributed by atoms with Crippen LogP contribution in [0.3, 0.4) is 0 Å². The van der Waals surface area contributed by atoms with Gasteiger partial charge in [-0.2, -0.15) is 4.98 Å². The summed E-state index contributed by atoms with van der Waals surface area (Å²) in [5, 5.41) is 7.37. The van der Waals surface area contributed by atoms with Crippen LogP contribution in [0.25, 0.3) is 0 Å². The van der Waals surface area contributed by atoms with Gasteiger partial charge in [0.05, 0.1) is 6.04 Å². The van der Waals surface area contributed by atoms with E-state index in [1.54, 1.807) is 0 Å². The second-order valence-electron chi connectivity index (χ2n) is 4.14. The van der Waals surface area contributed by atoms with Crippen LogP contribution < -0.4 is 5.32 Å². The quantitative estimate of drug-likeness (QED) is 0.796. The molecule has 1 aromatic rings. The highest BCUT2D eigenvalue weighted by Gasteiger charge is 2.27. The zero-order valence-electron chi connectivity index (χ0n) is 8.61. The number of hydrogen-bond donors (Lipinski definition) is 1. The molecule has 0 aliphatic carbocycles. The third kappa shape index (κ3) is 1.77. The van der Waals surface area contributed by atoms with Gasteiger partial charge in [0.1, 0.15) is 6.10 Å². The van der Waals surface area contributed by atoms with Crippen LogP contribution in [-0.4, -0.2) is 23.3 Å². The van der Waals surface area contributed by atoms with Gasteiger partial charge in [0.15, 0.2) is 5.82 Å². The van der Waals surface area contributed by atoms with Crippen LogP contribution in [0.4, 0.5) is 0 Å². The van der Waals surface area contributed by atoms with E-state index in [1.165, 1.54) is 6.42 Å². The second-order valence-corrected chi connectivity index (χ2v) is 4.14. The maximum atomic E-state index is 5.50. The molecule has 0 bridgehead atoms. The zero-order chi connectivity index (χ0) is 10.1. The first-order chi connectivity index (χ1) is 7.43. The molecule has 15 heavy (non-hydrogen) atoms. The normalized spacial score (nSPS) is 31.2. The molecule has 1 aromatic heterocycles. The van der Waals surface area contributed by atoms with E-state index in [0.717, 1.165) is 38.2 Å². The summed E-state index contributed by atoms with van der Waals surface area (Å²) >= 11 is 0. The highest BCUT2D eigenvalue weighted by molar-refractivity contribution is 4.99. The molecule has 2 unspecified atom stereocenters. The Morgan fingerprint density at radius 1 is 1.27 bits per heavy atom. The van der Waals surface area contributed by atoms with Crippen molar-refractivity contribution in [2.24, 2.45) is 0 Å². The Balaban J connectivity index is 1.74. The van der Waals surface area contributed by atoms with E-state index in [0.29, 0.717) is 5.89 Å². The molecule has 2 atom stereocenters. The van der Waals surface area contributed by atoms with Gasteiger partial charge in [-0.25, -0.2) is 0 Å². The van der Waals surface area contributed by atoms with Crippen molar-refractivity contribution >= 4 is 0 Å². The van der Waals surface area contributed by atoms with Gasteiger partial charge in [0, 0.05) is 6.61 Å². The van der Waals surface area contributed by atoms with Crippen molar-refractivity contribution in [2.45, 2.75) is 37.8 Å². The summed E-state index contributed by atoms with van der Waals surface area (Å²) in [5.74, 6) is 1.44. The van der Waals surface area contributed by atoms with Crippen molar-refractivity contribution in [1.82, 2.24) is 15.5 Å². The Morgan fingerprint density at radius 3 is 3.00 bits per heavy atom. The predicted octanol–water partition coefficient (Wildman–Crippen LogP) is 1.35. The topological polar surface area (TPSA) is 60.2 Å². The Labute approximate surface area is 88.2 Å². The molecule has 3 rings (SSSR count). The molecule has 0 aromatic carbocycles. The van der Waals surface area contributed by atoms with Gasteiger partial charge in [0.25, 0.3) is 5.89 Å². The molecule has 2 saturated heterocycles. The van der Waals surface area contributed by atoms with E-state index >= 15 is 0 Å². The van der Waals surface area contributed by atoms with Crippen LogP contribution in [0.1, 0.15) is 49.5 Å². The molecule has 0 amide bonds. The van der Waals surface area contributed by atoms with E-state index in [4.69, 9.17) is 9.26 Å². The first-order valence-electron chi connectivity index (χ1n) is 5.62. The summed E-state index contributed by atoms with van der Waals surface area (Å²) in [6.45, 7) is 1.86. The number of aromatic nitrogens is 2. The van der Waals surface area contributed by atoms with Crippen molar-refractivity contribution in [3.8, 4) is 0 Å². The van der Waals surface area contributed by atoms with Crippen LogP contribution >= 0.6 is 0 Å². The van der Waals surface area contributed by atoms with Gasteiger partial charge in [-0.1, -0.05) is 5.16 Å². The molecular formula is C10H15N3O2. The van der Waals surface area contributed by atoms with Gasteiger partial charge in [-0.3, -0.25) is 0 Å². The molecule has 5 nitrogen and oxygen atoms in total. The molecule has 0 spiro atoms. The molecular weight excluding hydrogens is 194 g/mol.